The van der Waals surface area contributed by atoms with E-state index in [9.17, 15) is 29.6 Å². The van der Waals surface area contributed by atoms with Crippen molar-refractivity contribution in [2.45, 2.75) is 0 Å². The number of carbonyl (C=O) groups excluding carboxylic acids is 3. The summed E-state index contributed by atoms with van der Waals surface area (Å²) in [4.78, 5) is 45.9. The van der Waals surface area contributed by atoms with Gasteiger partial charge in [-0.1, -0.05) is 0 Å². The summed E-state index contributed by atoms with van der Waals surface area (Å²) in [5, 5.41) is 23.1. The van der Waals surface area contributed by atoms with Crippen molar-refractivity contribution in [1.29, 1.82) is 0 Å². The minimum Gasteiger partial charge on any atom is -0.506 e. The summed E-state index contributed by atoms with van der Waals surface area (Å²) in [7, 11) is 1.11. The molecule has 0 saturated carbocycles. The highest BCUT2D eigenvalue weighted by molar-refractivity contribution is 14.1. The van der Waals surface area contributed by atoms with E-state index < -0.39 is 29.4 Å². The number of nitrogens with zero attached hydrogens (tertiary/aromatic N) is 2. The molecule has 0 spiro atoms. The van der Waals surface area contributed by atoms with E-state index in [2.05, 4.69) is 10.1 Å². The number of imide groups is 1. The molecule has 1 aromatic carbocycles. The zero-order chi connectivity index (χ0) is 18.0. The third-order valence-corrected chi connectivity index (χ3v) is 3.89. The fraction of sp³-hybridized carbons (Fsp3) is 0.154. The monoisotopic (exact) mass is 447 g/mol. The number of carbonyl (C=O) groups is 3. The Labute approximate surface area is 148 Å². The van der Waals surface area contributed by atoms with E-state index in [1.807, 2.05) is 0 Å². The number of nitrogens with one attached hydrogen (secondary N) is 1. The first kappa shape index (κ1) is 17.7. The molecule has 0 atom stereocenters. The van der Waals surface area contributed by atoms with Crippen molar-refractivity contribution in [3.63, 3.8) is 0 Å². The van der Waals surface area contributed by atoms with Crippen LogP contribution in [0.15, 0.2) is 17.8 Å². The van der Waals surface area contributed by atoms with E-state index in [1.165, 1.54) is 0 Å². The molecule has 0 aromatic heterocycles. The van der Waals surface area contributed by atoms with Crippen LogP contribution >= 0.6 is 22.6 Å². The average Bonchev–Trinajstić information content (AvgIpc) is 2.78. The Kier molecular flexibility index (Phi) is 5.02. The van der Waals surface area contributed by atoms with Crippen LogP contribution in [0.1, 0.15) is 5.56 Å². The molecule has 10 nitrogen and oxygen atoms in total. The predicted molar refractivity (Wildman–Crippen MR) is 87.7 cm³/mol. The molecule has 0 unspecified atom stereocenters. The van der Waals surface area contributed by atoms with E-state index in [0.29, 0.717) is 4.90 Å². The van der Waals surface area contributed by atoms with Crippen molar-refractivity contribution in [3.8, 4) is 5.75 Å². The lowest BCUT2D eigenvalue weighted by atomic mass is 10.1. The number of nitro benzene ring substituents is 1. The van der Waals surface area contributed by atoms with Gasteiger partial charge in [0, 0.05) is 17.7 Å². The molecule has 2 N–H and O–H groups in total. The second-order valence-corrected chi connectivity index (χ2v) is 5.74. The summed E-state index contributed by atoms with van der Waals surface area (Å²) < 4.78 is 4.60. The van der Waals surface area contributed by atoms with Gasteiger partial charge in [-0.05, 0) is 28.7 Å². The number of hydrogen-bond donors (Lipinski definition) is 2. The fourth-order valence-electron chi connectivity index (χ4n) is 1.89. The van der Waals surface area contributed by atoms with Crippen molar-refractivity contribution in [3.05, 3.63) is 37.1 Å². The van der Waals surface area contributed by atoms with Gasteiger partial charge in [0.05, 0.1) is 15.6 Å². The van der Waals surface area contributed by atoms with Crippen molar-refractivity contribution in [1.82, 2.24) is 10.2 Å². The molecule has 1 heterocycles. The third-order valence-electron chi connectivity index (χ3n) is 3.07. The highest BCUT2D eigenvalue weighted by Crippen LogP contribution is 2.31. The van der Waals surface area contributed by atoms with Crippen LogP contribution in [0.2, 0.25) is 0 Å². The van der Waals surface area contributed by atoms with Gasteiger partial charge in [-0.25, -0.2) is 9.69 Å². The van der Waals surface area contributed by atoms with E-state index in [1.54, 1.807) is 22.6 Å². The maximum atomic E-state index is 12.1. The second-order valence-electron chi connectivity index (χ2n) is 4.58. The molecule has 3 amide bonds. The Morgan fingerprint density at radius 3 is 2.75 bits per heavy atom. The van der Waals surface area contributed by atoms with Crippen LogP contribution in [0.3, 0.4) is 0 Å². The van der Waals surface area contributed by atoms with Crippen LogP contribution in [-0.2, 0) is 14.3 Å². The molecule has 1 saturated heterocycles. The van der Waals surface area contributed by atoms with E-state index in [-0.39, 0.29) is 26.3 Å². The smallest absolute Gasteiger partial charge is 0.329 e. The second kappa shape index (κ2) is 6.82. The fourth-order valence-corrected chi connectivity index (χ4v) is 2.52. The molecular weight excluding hydrogens is 437 g/mol. The molecule has 11 heteroatoms. The number of nitro groups is 1. The van der Waals surface area contributed by atoms with Gasteiger partial charge in [-0.3, -0.25) is 19.7 Å². The maximum Gasteiger partial charge on any atom is 0.329 e. The molecular formula is C13H10IN3O7. The quantitative estimate of drug-likeness (QED) is 0.175. The van der Waals surface area contributed by atoms with Crippen LogP contribution < -0.4 is 5.32 Å². The van der Waals surface area contributed by atoms with E-state index >= 15 is 0 Å². The highest BCUT2D eigenvalue weighted by atomic mass is 127. The summed E-state index contributed by atoms with van der Waals surface area (Å²) in [5.74, 6) is -1.87. The zero-order valence-electron chi connectivity index (χ0n) is 12.1. The molecule has 0 radical (unpaired) electrons. The summed E-state index contributed by atoms with van der Waals surface area (Å²) in [6.45, 7) is -0.572. The molecule has 1 fully saturated rings. The van der Waals surface area contributed by atoms with Gasteiger partial charge in [-0.2, -0.15) is 0 Å². The van der Waals surface area contributed by atoms with Crippen molar-refractivity contribution >= 4 is 52.3 Å². The molecule has 126 valence electrons. The Morgan fingerprint density at radius 1 is 1.50 bits per heavy atom. The van der Waals surface area contributed by atoms with Gasteiger partial charge in [0.25, 0.3) is 11.6 Å². The first-order chi connectivity index (χ1) is 11.2. The van der Waals surface area contributed by atoms with Crippen molar-refractivity contribution in [2.75, 3.05) is 13.7 Å². The number of halogens is 1. The molecule has 0 bridgehead atoms. The molecule has 2 rings (SSSR count). The number of esters is 1. The number of ether oxygens (including phenoxy) is 1. The summed E-state index contributed by atoms with van der Waals surface area (Å²) in [6, 6.07) is 1.39. The Balaban J connectivity index is 2.39. The standard InChI is InChI=1S/C13H10IN3O7/c1-24-10(18)5-16-12(20)9(15-13(16)21)3-6-2-7(17(22)23)4-8(14)11(6)19/h2-4,19H,5H2,1H3,(H,15,21). The number of urea groups is 1. The van der Waals surface area contributed by atoms with Crippen LogP contribution in [-0.4, -0.2) is 46.5 Å². The number of phenolic OH excluding ortho intramolecular Hbond substituents is 1. The first-order valence-electron chi connectivity index (χ1n) is 6.33. The topological polar surface area (TPSA) is 139 Å². The number of hydrogen-bond acceptors (Lipinski definition) is 7. The highest BCUT2D eigenvalue weighted by Gasteiger charge is 2.35. The zero-order valence-corrected chi connectivity index (χ0v) is 14.3. The van der Waals surface area contributed by atoms with E-state index in [4.69, 9.17) is 0 Å². The lowest BCUT2D eigenvalue weighted by Gasteiger charge is -2.09. The van der Waals surface area contributed by atoms with Gasteiger partial charge in [0.1, 0.15) is 18.0 Å². The number of benzene rings is 1. The molecule has 1 aliphatic heterocycles. The normalized spacial score (nSPS) is 15.6. The maximum absolute atomic E-state index is 12.1. The first-order valence-corrected chi connectivity index (χ1v) is 7.40. The lowest BCUT2D eigenvalue weighted by molar-refractivity contribution is -0.385. The summed E-state index contributed by atoms with van der Waals surface area (Å²) >= 11 is 1.70. The molecule has 24 heavy (non-hydrogen) atoms. The van der Waals surface area contributed by atoms with Crippen LogP contribution in [0, 0.1) is 13.7 Å². The Bertz CT molecular complexity index is 790. The van der Waals surface area contributed by atoms with Gasteiger partial charge in [0.15, 0.2) is 0 Å². The summed E-state index contributed by atoms with van der Waals surface area (Å²) in [5.41, 5.74) is -0.528. The van der Waals surface area contributed by atoms with Gasteiger partial charge in [-0.15, -0.1) is 0 Å². The van der Waals surface area contributed by atoms with Crippen LogP contribution in [0.4, 0.5) is 10.5 Å². The number of phenols is 1. The predicted octanol–water partition coefficient (Wildman–Crippen LogP) is 0.971. The van der Waals surface area contributed by atoms with Gasteiger partial charge >= 0.3 is 12.0 Å². The van der Waals surface area contributed by atoms with Crippen LogP contribution in [0.25, 0.3) is 6.08 Å². The Hall–Kier alpha value is -2.70. The molecule has 1 aliphatic rings. The summed E-state index contributed by atoms with van der Waals surface area (Å²) in [6.07, 6.45) is 1.10. The molecule has 0 aliphatic carbocycles. The number of aromatic hydroxyl groups is 1. The number of non-ortho nitro benzene ring substituents is 1. The molecule has 1 aromatic rings. The van der Waals surface area contributed by atoms with Gasteiger partial charge in [0.2, 0.25) is 0 Å². The Morgan fingerprint density at radius 2 is 2.17 bits per heavy atom. The average molecular weight is 447 g/mol. The SMILES string of the molecule is COC(=O)CN1C(=O)NC(=Cc2cc([N+](=O)[O-])cc(I)c2O)C1=O. The number of rotatable bonds is 4. The van der Waals surface area contributed by atoms with Crippen molar-refractivity contribution < 1.29 is 29.2 Å². The number of amides is 3. The minimum atomic E-state index is -0.837. The number of methoxy groups -OCH3 is 1. The third kappa shape index (κ3) is 3.45. The lowest BCUT2D eigenvalue weighted by Crippen LogP contribution is -2.36. The van der Waals surface area contributed by atoms with E-state index in [0.717, 1.165) is 25.3 Å². The minimum absolute atomic E-state index is 0.0165. The van der Waals surface area contributed by atoms with Gasteiger partial charge < -0.3 is 15.2 Å². The van der Waals surface area contributed by atoms with Crippen LogP contribution in [0.5, 0.6) is 5.75 Å². The van der Waals surface area contributed by atoms with Crippen molar-refractivity contribution in [2.24, 2.45) is 0 Å². The largest absolute Gasteiger partial charge is 0.506 e.